The number of imidazole rings is 1. The van der Waals surface area contributed by atoms with Crippen LogP contribution in [0.3, 0.4) is 0 Å². The summed E-state index contributed by atoms with van der Waals surface area (Å²) in [6.45, 7) is 8.67. The number of nitrogens with zero attached hydrogens (tertiary/aromatic N) is 3. The van der Waals surface area contributed by atoms with Crippen LogP contribution in [-0.4, -0.2) is 19.5 Å². The largest absolute Gasteiger partial charge is 0.334 e. The number of benzene rings is 2. The molecule has 0 fully saturated rings. The van der Waals surface area contributed by atoms with Crippen molar-refractivity contribution in [3.63, 3.8) is 0 Å². The van der Waals surface area contributed by atoms with Crippen LogP contribution >= 0.6 is 0 Å². The molecule has 0 aliphatic heterocycles. The Morgan fingerprint density at radius 2 is 1.48 bits per heavy atom. The maximum absolute atomic E-state index is 8.02. The van der Waals surface area contributed by atoms with Crippen LogP contribution in [0.25, 0.3) is 22.6 Å². The Labute approximate surface area is 160 Å². The van der Waals surface area contributed by atoms with Crippen LogP contribution in [0.2, 0.25) is 0 Å². The molecule has 4 rings (SSSR count). The van der Waals surface area contributed by atoms with Crippen molar-refractivity contribution >= 4 is 11.2 Å². The van der Waals surface area contributed by atoms with E-state index in [-0.39, 0.29) is 5.49 Å². The van der Waals surface area contributed by atoms with E-state index < -0.39 is 0 Å². The number of hydrogen-bond acceptors (Lipinski definition) is 3. The zero-order valence-electron chi connectivity index (χ0n) is 16.4. The molecule has 140 valence electrons. The molecule has 0 aliphatic rings. The van der Waals surface area contributed by atoms with E-state index in [1.807, 2.05) is 80.8 Å². The molecule has 0 radical (unpaired) electrons. The fourth-order valence-corrected chi connectivity index (χ4v) is 2.61. The fraction of sp³-hybridized carbons (Fsp3) is 0.227. The third-order valence-electron chi connectivity index (χ3n) is 3.76. The molecule has 5 heteroatoms. The Morgan fingerprint density at radius 3 is 2.11 bits per heavy atom. The van der Waals surface area contributed by atoms with E-state index in [9.17, 15) is 0 Å². The van der Waals surface area contributed by atoms with Crippen LogP contribution in [0.4, 0.5) is 0 Å². The second kappa shape index (κ2) is 10.1. The minimum atomic E-state index is 0.207. The normalized spacial score (nSPS) is 9.78. The predicted molar refractivity (Wildman–Crippen MR) is 111 cm³/mol. The Morgan fingerprint density at radius 1 is 0.889 bits per heavy atom. The molecular formula is C22H27N5. The summed E-state index contributed by atoms with van der Waals surface area (Å²) < 4.78 is 1.96. The summed E-state index contributed by atoms with van der Waals surface area (Å²) in [6, 6.07) is 20.1. The molecule has 0 aliphatic carbocycles. The van der Waals surface area contributed by atoms with Gasteiger partial charge in [-0.3, -0.25) is 5.41 Å². The van der Waals surface area contributed by atoms with Crippen LogP contribution in [0, 0.1) is 5.41 Å². The first-order valence-corrected chi connectivity index (χ1v) is 9.40. The number of aromatic amines is 1. The Hall–Kier alpha value is -3.21. The third-order valence-corrected chi connectivity index (χ3v) is 3.76. The van der Waals surface area contributed by atoms with Gasteiger partial charge in [0.2, 0.25) is 0 Å². The van der Waals surface area contributed by atoms with Gasteiger partial charge in [0.15, 0.2) is 11.1 Å². The second-order valence-corrected chi connectivity index (χ2v) is 5.36. The van der Waals surface area contributed by atoms with Gasteiger partial charge in [-0.25, -0.2) is 9.97 Å². The average molecular weight is 361 g/mol. The number of nitrogens with one attached hydrogen (secondary N) is 2. The lowest BCUT2D eigenvalue weighted by Crippen LogP contribution is -2.13. The van der Waals surface area contributed by atoms with Crippen molar-refractivity contribution in [3.05, 3.63) is 78.0 Å². The van der Waals surface area contributed by atoms with Crippen LogP contribution in [0.15, 0.2) is 67.0 Å². The van der Waals surface area contributed by atoms with E-state index >= 15 is 0 Å². The standard InChI is InChI=1S/C18H15N5.2C2H6/c19-16-15-18(22-17(21-15)14-9-5-2-6-10-14)23(12-20-16)11-13-7-3-1-4-8-13;2*1-2/h1-10,12,19H,11H2,(H,21,22);2*1-2H3. The van der Waals surface area contributed by atoms with Crippen molar-refractivity contribution in [2.24, 2.45) is 0 Å². The summed E-state index contributed by atoms with van der Waals surface area (Å²) in [7, 11) is 0. The van der Waals surface area contributed by atoms with Crippen LogP contribution in [0.5, 0.6) is 0 Å². The van der Waals surface area contributed by atoms with Crippen molar-refractivity contribution in [2.75, 3.05) is 0 Å². The van der Waals surface area contributed by atoms with Crippen LogP contribution in [0.1, 0.15) is 33.3 Å². The Balaban J connectivity index is 0.000000614. The molecule has 2 aromatic heterocycles. The monoisotopic (exact) mass is 361 g/mol. The first-order chi connectivity index (χ1) is 13.3. The van der Waals surface area contributed by atoms with Crippen molar-refractivity contribution in [1.29, 1.82) is 5.41 Å². The first-order valence-electron chi connectivity index (χ1n) is 9.40. The van der Waals surface area contributed by atoms with Gasteiger partial charge in [0.1, 0.15) is 11.3 Å². The molecule has 0 spiro atoms. The fourth-order valence-electron chi connectivity index (χ4n) is 2.61. The Kier molecular flexibility index (Phi) is 7.49. The van der Waals surface area contributed by atoms with E-state index in [1.54, 1.807) is 6.33 Å². The number of rotatable bonds is 3. The second-order valence-electron chi connectivity index (χ2n) is 5.36. The summed E-state index contributed by atoms with van der Waals surface area (Å²) in [6.07, 6.45) is 1.67. The van der Waals surface area contributed by atoms with E-state index in [4.69, 9.17) is 5.41 Å². The first kappa shape index (κ1) is 20.1. The summed E-state index contributed by atoms with van der Waals surface area (Å²) >= 11 is 0. The maximum Gasteiger partial charge on any atom is 0.173 e. The molecule has 2 heterocycles. The molecule has 27 heavy (non-hydrogen) atoms. The molecule has 0 amide bonds. The van der Waals surface area contributed by atoms with Gasteiger partial charge in [-0.15, -0.1) is 0 Å². The maximum atomic E-state index is 8.02. The quantitative estimate of drug-likeness (QED) is 0.539. The summed E-state index contributed by atoms with van der Waals surface area (Å²) in [5, 5.41) is 8.02. The lowest BCUT2D eigenvalue weighted by atomic mass is 10.2. The molecule has 0 unspecified atom stereocenters. The van der Waals surface area contributed by atoms with Gasteiger partial charge in [-0.05, 0) is 5.56 Å². The van der Waals surface area contributed by atoms with Crippen molar-refractivity contribution in [2.45, 2.75) is 34.2 Å². The van der Waals surface area contributed by atoms with Crippen molar-refractivity contribution < 1.29 is 0 Å². The third kappa shape index (κ3) is 4.70. The molecule has 2 aromatic carbocycles. The number of aromatic nitrogens is 4. The number of hydrogen-bond donors (Lipinski definition) is 2. The van der Waals surface area contributed by atoms with Crippen molar-refractivity contribution in [3.8, 4) is 11.4 Å². The highest BCUT2D eigenvalue weighted by Gasteiger charge is 2.10. The molecule has 0 atom stereocenters. The average Bonchev–Trinajstić information content (AvgIpc) is 3.21. The highest BCUT2D eigenvalue weighted by molar-refractivity contribution is 5.75. The minimum absolute atomic E-state index is 0.207. The minimum Gasteiger partial charge on any atom is -0.334 e. The van der Waals surface area contributed by atoms with E-state index in [0.29, 0.717) is 12.1 Å². The topological polar surface area (TPSA) is 70.3 Å². The SMILES string of the molecule is CC.CC.N=c1ncn(Cc2ccccc2)c2nc(-c3ccccc3)[nH]c12. The molecule has 0 saturated carbocycles. The molecule has 0 saturated heterocycles. The predicted octanol–water partition coefficient (Wildman–Crippen LogP) is 5.01. The Bertz CT molecular complexity index is 1000. The molecule has 5 nitrogen and oxygen atoms in total. The molecule has 0 bridgehead atoms. The number of fused-ring (bicyclic) bond motifs is 1. The van der Waals surface area contributed by atoms with Gasteiger partial charge >= 0.3 is 0 Å². The highest BCUT2D eigenvalue weighted by atomic mass is 15.1. The zero-order chi connectivity index (χ0) is 19.6. The molecule has 2 N–H and O–H groups in total. The van der Waals surface area contributed by atoms with Crippen LogP contribution in [-0.2, 0) is 6.54 Å². The van der Waals surface area contributed by atoms with Gasteiger partial charge in [0.25, 0.3) is 0 Å². The van der Waals surface area contributed by atoms with Gasteiger partial charge < -0.3 is 9.55 Å². The van der Waals surface area contributed by atoms with E-state index in [1.165, 1.54) is 5.56 Å². The zero-order valence-corrected chi connectivity index (χ0v) is 16.4. The molecular weight excluding hydrogens is 334 g/mol. The number of H-pyrrole nitrogens is 1. The van der Waals surface area contributed by atoms with Gasteiger partial charge in [0.05, 0.1) is 12.9 Å². The van der Waals surface area contributed by atoms with E-state index in [2.05, 4.69) is 27.1 Å². The smallest absolute Gasteiger partial charge is 0.173 e. The van der Waals surface area contributed by atoms with E-state index in [0.717, 1.165) is 17.0 Å². The van der Waals surface area contributed by atoms with Gasteiger partial charge in [-0.1, -0.05) is 88.4 Å². The summed E-state index contributed by atoms with van der Waals surface area (Å²) in [5.41, 5.74) is 3.77. The summed E-state index contributed by atoms with van der Waals surface area (Å²) in [5.74, 6) is 0.754. The molecule has 4 aromatic rings. The van der Waals surface area contributed by atoms with Gasteiger partial charge in [-0.2, -0.15) is 0 Å². The lowest BCUT2D eigenvalue weighted by molar-refractivity contribution is 0.784. The van der Waals surface area contributed by atoms with Crippen LogP contribution < -0.4 is 5.49 Å². The van der Waals surface area contributed by atoms with Crippen molar-refractivity contribution in [1.82, 2.24) is 19.5 Å². The summed E-state index contributed by atoms with van der Waals surface area (Å²) in [4.78, 5) is 12.1. The lowest BCUT2D eigenvalue weighted by Gasteiger charge is -2.06. The van der Waals surface area contributed by atoms with Gasteiger partial charge in [0, 0.05) is 5.56 Å². The highest BCUT2D eigenvalue weighted by Crippen LogP contribution is 2.18.